The highest BCUT2D eigenvalue weighted by atomic mass is 35.5. The van der Waals surface area contributed by atoms with Gasteiger partial charge in [0.1, 0.15) is 0 Å². The molecule has 0 aliphatic rings. The molecule has 0 bridgehead atoms. The molecule has 0 fully saturated rings. The van der Waals surface area contributed by atoms with E-state index in [1.807, 2.05) is 13.0 Å². The van der Waals surface area contributed by atoms with E-state index in [-0.39, 0.29) is 5.56 Å². The van der Waals surface area contributed by atoms with Gasteiger partial charge in [-0.1, -0.05) is 29.8 Å². The summed E-state index contributed by atoms with van der Waals surface area (Å²) >= 11 is 6.19. The molecule has 112 valence electrons. The lowest BCUT2D eigenvalue weighted by Crippen LogP contribution is -2.10. The maximum absolute atomic E-state index is 11.7. The van der Waals surface area contributed by atoms with Crippen molar-refractivity contribution in [1.29, 1.82) is 0 Å². The van der Waals surface area contributed by atoms with E-state index in [9.17, 15) is 9.90 Å². The first kappa shape index (κ1) is 14.5. The van der Waals surface area contributed by atoms with E-state index in [1.54, 1.807) is 36.7 Å². The Morgan fingerprint density at radius 2 is 1.91 bits per heavy atom. The number of carboxylic acid groups (broad SMARTS) is 1. The summed E-state index contributed by atoms with van der Waals surface area (Å²) in [6.07, 6.45) is 0. The van der Waals surface area contributed by atoms with Gasteiger partial charge in [0.25, 0.3) is 0 Å². The summed E-state index contributed by atoms with van der Waals surface area (Å²) in [5, 5.41) is 15.1. The normalized spacial score (nSPS) is 11.1. The fourth-order valence-electron chi connectivity index (χ4n) is 2.61. The number of aryl methyl sites for hydroxylation is 1. The van der Waals surface area contributed by atoms with Crippen molar-refractivity contribution >= 4 is 28.5 Å². The minimum absolute atomic E-state index is 0.240. The third kappa shape index (κ3) is 2.05. The van der Waals surface area contributed by atoms with Gasteiger partial charge in [-0.05, 0) is 26.8 Å². The molecule has 0 amide bonds. The molecule has 2 heterocycles. The number of carboxylic acids is 1. The predicted molar refractivity (Wildman–Crippen MR) is 85.0 cm³/mol. The zero-order chi connectivity index (χ0) is 16.0. The molecule has 0 spiro atoms. The second-order valence-electron chi connectivity index (χ2n) is 5.15. The first-order valence-electron chi connectivity index (χ1n) is 6.76. The second kappa shape index (κ2) is 5.10. The zero-order valence-corrected chi connectivity index (χ0v) is 13.1. The Morgan fingerprint density at radius 3 is 2.50 bits per heavy atom. The van der Waals surface area contributed by atoms with E-state index in [1.165, 1.54) is 0 Å². The summed E-state index contributed by atoms with van der Waals surface area (Å²) < 4.78 is 1.60. The van der Waals surface area contributed by atoms with Gasteiger partial charge in [0.2, 0.25) is 0 Å². The fraction of sp³-hybridized carbons (Fsp3) is 0.188. The number of para-hydroxylation sites is 1. The molecule has 0 aliphatic heterocycles. The van der Waals surface area contributed by atoms with Crippen molar-refractivity contribution in [3.8, 4) is 5.82 Å². The number of hydrogen-bond acceptors (Lipinski definition) is 3. The molecule has 3 aromatic rings. The molecule has 2 aromatic heterocycles. The van der Waals surface area contributed by atoms with Crippen molar-refractivity contribution in [2.75, 3.05) is 0 Å². The first-order chi connectivity index (χ1) is 10.4. The van der Waals surface area contributed by atoms with Crippen LogP contribution in [0, 0.1) is 20.8 Å². The van der Waals surface area contributed by atoms with Crippen LogP contribution in [0.4, 0.5) is 0 Å². The van der Waals surface area contributed by atoms with Crippen molar-refractivity contribution in [3.63, 3.8) is 0 Å². The molecule has 5 nitrogen and oxygen atoms in total. The molecular weight excluding hydrogens is 302 g/mol. The number of pyridine rings is 1. The number of halogens is 1. The van der Waals surface area contributed by atoms with Crippen molar-refractivity contribution in [2.24, 2.45) is 0 Å². The number of benzene rings is 1. The van der Waals surface area contributed by atoms with Crippen LogP contribution in [0.3, 0.4) is 0 Å². The molecule has 22 heavy (non-hydrogen) atoms. The van der Waals surface area contributed by atoms with E-state index < -0.39 is 5.97 Å². The van der Waals surface area contributed by atoms with Crippen LogP contribution in [-0.4, -0.2) is 25.8 Å². The van der Waals surface area contributed by atoms with Crippen LogP contribution in [0.15, 0.2) is 24.3 Å². The summed E-state index contributed by atoms with van der Waals surface area (Å²) in [5.41, 5.74) is 2.84. The van der Waals surface area contributed by atoms with E-state index >= 15 is 0 Å². The fourth-order valence-corrected chi connectivity index (χ4v) is 2.72. The molecule has 0 saturated heterocycles. The number of nitrogens with zero attached hydrogens (tertiary/aromatic N) is 3. The standard InChI is InChI=1S/C16H14ClN3O2/c1-8-13(16(21)22)11-6-4-5-7-12(11)18-15(8)20-10(3)14(17)9(2)19-20/h4-7H,1-3H3,(H,21,22). The monoisotopic (exact) mass is 315 g/mol. The lowest BCUT2D eigenvalue weighted by molar-refractivity contribution is 0.0698. The van der Waals surface area contributed by atoms with Crippen LogP contribution in [-0.2, 0) is 0 Å². The molecule has 6 heteroatoms. The van der Waals surface area contributed by atoms with E-state index in [0.29, 0.717) is 33.0 Å². The van der Waals surface area contributed by atoms with E-state index in [4.69, 9.17) is 11.6 Å². The molecule has 0 saturated carbocycles. The first-order valence-corrected chi connectivity index (χ1v) is 7.14. The average molecular weight is 316 g/mol. The maximum atomic E-state index is 11.7. The van der Waals surface area contributed by atoms with Crippen LogP contribution < -0.4 is 0 Å². The smallest absolute Gasteiger partial charge is 0.336 e. The van der Waals surface area contributed by atoms with Crippen LogP contribution in [0.25, 0.3) is 16.7 Å². The maximum Gasteiger partial charge on any atom is 0.336 e. The number of aromatic carboxylic acids is 1. The summed E-state index contributed by atoms with van der Waals surface area (Å²) in [4.78, 5) is 16.3. The molecule has 1 aromatic carbocycles. The van der Waals surface area contributed by atoms with Gasteiger partial charge in [-0.15, -0.1) is 0 Å². The number of carbonyl (C=O) groups is 1. The van der Waals surface area contributed by atoms with Gasteiger partial charge in [-0.25, -0.2) is 14.5 Å². The van der Waals surface area contributed by atoms with Crippen LogP contribution in [0.1, 0.15) is 27.3 Å². The van der Waals surface area contributed by atoms with Gasteiger partial charge in [0.15, 0.2) is 5.82 Å². The Balaban J connectivity index is 2.42. The number of aromatic nitrogens is 3. The van der Waals surface area contributed by atoms with Gasteiger partial charge in [-0.3, -0.25) is 0 Å². The number of hydrogen-bond donors (Lipinski definition) is 1. The van der Waals surface area contributed by atoms with Crippen molar-refractivity contribution < 1.29 is 9.90 Å². The lowest BCUT2D eigenvalue weighted by Gasteiger charge is -2.12. The molecule has 0 radical (unpaired) electrons. The highest BCUT2D eigenvalue weighted by Crippen LogP contribution is 2.28. The van der Waals surface area contributed by atoms with E-state index in [2.05, 4.69) is 10.1 Å². The Labute approximate surface area is 132 Å². The van der Waals surface area contributed by atoms with Gasteiger partial charge in [0.05, 0.1) is 27.5 Å². The summed E-state index contributed by atoms with van der Waals surface area (Å²) in [5.74, 6) is -0.492. The third-order valence-corrected chi connectivity index (χ3v) is 4.27. The SMILES string of the molecule is Cc1nn(-c2nc3ccccc3c(C(=O)O)c2C)c(C)c1Cl. The molecule has 1 N–H and O–H groups in total. The Morgan fingerprint density at radius 1 is 1.23 bits per heavy atom. The second-order valence-corrected chi connectivity index (χ2v) is 5.53. The van der Waals surface area contributed by atoms with Crippen LogP contribution in [0.2, 0.25) is 5.02 Å². The van der Waals surface area contributed by atoms with Gasteiger partial charge < -0.3 is 5.11 Å². The summed E-state index contributed by atoms with van der Waals surface area (Å²) in [6, 6.07) is 7.18. The third-order valence-electron chi connectivity index (χ3n) is 3.73. The lowest BCUT2D eigenvalue weighted by atomic mass is 10.0. The quantitative estimate of drug-likeness (QED) is 0.783. The highest BCUT2D eigenvalue weighted by Gasteiger charge is 2.20. The van der Waals surface area contributed by atoms with Gasteiger partial charge in [-0.2, -0.15) is 5.10 Å². The largest absolute Gasteiger partial charge is 0.478 e. The van der Waals surface area contributed by atoms with Crippen LogP contribution in [0.5, 0.6) is 0 Å². The van der Waals surface area contributed by atoms with E-state index in [0.717, 1.165) is 5.69 Å². The average Bonchev–Trinajstić information content (AvgIpc) is 2.73. The Kier molecular flexibility index (Phi) is 3.37. The Hall–Kier alpha value is -2.40. The van der Waals surface area contributed by atoms with Gasteiger partial charge >= 0.3 is 5.97 Å². The minimum Gasteiger partial charge on any atom is -0.478 e. The molecule has 0 unspecified atom stereocenters. The Bertz CT molecular complexity index is 915. The van der Waals surface area contributed by atoms with Crippen molar-refractivity contribution in [1.82, 2.24) is 14.8 Å². The predicted octanol–water partition coefficient (Wildman–Crippen LogP) is 3.70. The molecule has 0 aliphatic carbocycles. The molecule has 0 atom stereocenters. The van der Waals surface area contributed by atoms with Crippen LogP contribution >= 0.6 is 11.6 Å². The van der Waals surface area contributed by atoms with Gasteiger partial charge in [0, 0.05) is 10.9 Å². The zero-order valence-electron chi connectivity index (χ0n) is 12.4. The topological polar surface area (TPSA) is 68.0 Å². The summed E-state index contributed by atoms with van der Waals surface area (Å²) in [7, 11) is 0. The molecular formula is C16H14ClN3O2. The molecule has 3 rings (SSSR count). The summed E-state index contributed by atoms with van der Waals surface area (Å²) in [6.45, 7) is 5.38. The minimum atomic E-state index is -0.982. The number of rotatable bonds is 2. The van der Waals surface area contributed by atoms with Crippen molar-refractivity contribution in [3.05, 3.63) is 51.8 Å². The highest BCUT2D eigenvalue weighted by molar-refractivity contribution is 6.31. The van der Waals surface area contributed by atoms with Crippen molar-refractivity contribution in [2.45, 2.75) is 20.8 Å². The number of fused-ring (bicyclic) bond motifs is 1.